The molecule has 0 aliphatic heterocycles. The lowest BCUT2D eigenvalue weighted by atomic mass is 10.1. The van der Waals surface area contributed by atoms with Crippen molar-refractivity contribution in [2.24, 2.45) is 0 Å². The molecule has 0 bridgehead atoms. The van der Waals surface area contributed by atoms with Gasteiger partial charge in [-0.15, -0.1) is 0 Å². The van der Waals surface area contributed by atoms with Crippen molar-refractivity contribution in [3.8, 4) is 11.5 Å². The number of benzene rings is 1. The third-order valence-corrected chi connectivity index (χ3v) is 6.45. The zero-order chi connectivity index (χ0) is 22.9. The van der Waals surface area contributed by atoms with Crippen LogP contribution >= 0.6 is 0 Å². The van der Waals surface area contributed by atoms with E-state index in [0.29, 0.717) is 17.2 Å². The minimum atomic E-state index is -4.12. The summed E-state index contributed by atoms with van der Waals surface area (Å²) in [5.41, 5.74) is 1.68. The molecule has 0 radical (unpaired) electrons. The molecular weight excluding hydrogens is 438 g/mol. The van der Waals surface area contributed by atoms with E-state index in [0.717, 1.165) is 10.5 Å². The van der Waals surface area contributed by atoms with E-state index in [1.54, 1.807) is 31.5 Å². The molecule has 3 heterocycles. The van der Waals surface area contributed by atoms with Crippen molar-refractivity contribution in [1.82, 2.24) is 20.6 Å². The summed E-state index contributed by atoms with van der Waals surface area (Å²) in [5, 5.41) is 13.1. The van der Waals surface area contributed by atoms with E-state index in [2.05, 4.69) is 15.1 Å². The van der Waals surface area contributed by atoms with Crippen LogP contribution in [0.4, 0.5) is 5.69 Å². The average Bonchev–Trinajstić information content (AvgIpc) is 3.19. The molecule has 0 aliphatic carbocycles. The summed E-state index contributed by atoms with van der Waals surface area (Å²) in [4.78, 5) is 20.0. The molecule has 0 saturated heterocycles. The van der Waals surface area contributed by atoms with Gasteiger partial charge in [0, 0.05) is 25.6 Å². The number of nitrogens with zero attached hydrogens (tertiary/aromatic N) is 4. The third-order valence-electron chi connectivity index (χ3n) is 4.68. The summed E-state index contributed by atoms with van der Waals surface area (Å²) in [7, 11) is -2.84. The Morgan fingerprint density at radius 2 is 1.78 bits per heavy atom. The van der Waals surface area contributed by atoms with Crippen molar-refractivity contribution in [2.45, 2.75) is 11.8 Å². The monoisotopic (exact) mass is 455 g/mol. The van der Waals surface area contributed by atoms with Gasteiger partial charge in [0.05, 0.1) is 27.2 Å². The number of ether oxygens (including phenoxy) is 1. The largest absolute Gasteiger partial charge is 0.457 e. The van der Waals surface area contributed by atoms with Gasteiger partial charge in [-0.25, -0.2) is 18.9 Å². The van der Waals surface area contributed by atoms with Crippen LogP contribution in [-0.4, -0.2) is 41.7 Å². The highest BCUT2D eigenvalue weighted by molar-refractivity contribution is 7.92. The van der Waals surface area contributed by atoms with Gasteiger partial charge in [0.25, 0.3) is 21.6 Å². The number of aryl methyl sites for hydroxylation is 1. The summed E-state index contributed by atoms with van der Waals surface area (Å²) < 4.78 is 38.4. The first-order chi connectivity index (χ1) is 15.3. The molecule has 0 aliphatic rings. The van der Waals surface area contributed by atoms with Gasteiger partial charge in [-0.1, -0.05) is 5.16 Å². The molecule has 0 spiro atoms. The van der Waals surface area contributed by atoms with Crippen LogP contribution in [0.3, 0.4) is 0 Å². The maximum absolute atomic E-state index is 13.4. The van der Waals surface area contributed by atoms with Crippen molar-refractivity contribution in [3.05, 3.63) is 66.2 Å². The van der Waals surface area contributed by atoms with Gasteiger partial charge in [0.15, 0.2) is 0 Å². The number of amides is 1. The molecule has 3 aromatic heterocycles. The first-order valence-corrected chi connectivity index (χ1v) is 10.6. The molecule has 0 fully saturated rings. The lowest BCUT2D eigenvalue weighted by Crippen LogP contribution is -2.30. The van der Waals surface area contributed by atoms with Crippen LogP contribution in [0.25, 0.3) is 11.1 Å². The molecule has 0 saturated carbocycles. The SMILES string of the molecule is Cc1noc2ncc(C(=O)NO)c(N(C)S(=O)(=O)c3ccc(Oc4ccncc4)cc3)c12. The fraction of sp³-hybridized carbons (Fsp3) is 0.100. The van der Waals surface area contributed by atoms with Crippen molar-refractivity contribution in [1.29, 1.82) is 0 Å². The van der Waals surface area contributed by atoms with Gasteiger partial charge >= 0.3 is 0 Å². The van der Waals surface area contributed by atoms with E-state index in [1.165, 1.54) is 36.8 Å². The molecule has 2 N–H and O–H groups in total. The number of hydroxylamine groups is 1. The van der Waals surface area contributed by atoms with Crippen LogP contribution in [0.15, 0.2) is 64.4 Å². The summed E-state index contributed by atoms with van der Waals surface area (Å²) >= 11 is 0. The van der Waals surface area contributed by atoms with Gasteiger partial charge < -0.3 is 9.26 Å². The van der Waals surface area contributed by atoms with Crippen LogP contribution in [0, 0.1) is 6.92 Å². The Hall–Kier alpha value is -4.03. The Balaban J connectivity index is 1.74. The number of sulfonamides is 1. The second-order valence-electron chi connectivity index (χ2n) is 6.64. The maximum Gasteiger partial charge on any atom is 0.278 e. The van der Waals surface area contributed by atoms with Crippen molar-refractivity contribution in [3.63, 3.8) is 0 Å². The number of rotatable bonds is 6. The molecule has 1 amide bonds. The van der Waals surface area contributed by atoms with Crippen LogP contribution in [-0.2, 0) is 10.0 Å². The quantitative estimate of drug-likeness (QED) is 0.331. The van der Waals surface area contributed by atoms with Gasteiger partial charge in [-0.3, -0.25) is 19.3 Å². The molecular formula is C20H17N5O6S. The summed E-state index contributed by atoms with van der Waals surface area (Å²) in [6, 6.07) is 9.12. The molecule has 1 aromatic carbocycles. The zero-order valence-electron chi connectivity index (χ0n) is 16.9. The molecule has 164 valence electrons. The Bertz CT molecular complexity index is 1390. The van der Waals surface area contributed by atoms with E-state index >= 15 is 0 Å². The number of nitrogens with one attached hydrogen (secondary N) is 1. The number of fused-ring (bicyclic) bond motifs is 1. The van der Waals surface area contributed by atoms with E-state index in [1.807, 2.05) is 0 Å². The third kappa shape index (κ3) is 3.72. The standard InChI is InChI=1S/C20H17N5O6S/c1-12-17-18(16(19(26)23-27)11-22-20(17)31-24-12)25(2)32(28,29)15-5-3-13(4-6-15)30-14-7-9-21-10-8-14/h3-11,27H,1-2H3,(H,23,26). The normalized spacial score (nSPS) is 11.3. The van der Waals surface area contributed by atoms with Gasteiger partial charge in [0.2, 0.25) is 0 Å². The van der Waals surface area contributed by atoms with E-state index in [4.69, 9.17) is 14.5 Å². The van der Waals surface area contributed by atoms with Crippen molar-refractivity contribution >= 4 is 32.7 Å². The topological polar surface area (TPSA) is 148 Å². The highest BCUT2D eigenvalue weighted by Crippen LogP contribution is 2.35. The number of carbonyl (C=O) groups is 1. The van der Waals surface area contributed by atoms with E-state index in [-0.39, 0.29) is 27.2 Å². The number of pyridine rings is 2. The molecule has 4 aromatic rings. The highest BCUT2D eigenvalue weighted by atomic mass is 32.2. The zero-order valence-corrected chi connectivity index (χ0v) is 17.7. The summed E-state index contributed by atoms with van der Waals surface area (Å²) in [5.74, 6) is 0.0481. The Morgan fingerprint density at radius 3 is 2.44 bits per heavy atom. The van der Waals surface area contributed by atoms with Crippen molar-refractivity contribution in [2.75, 3.05) is 11.4 Å². The Morgan fingerprint density at radius 1 is 1.12 bits per heavy atom. The van der Waals surface area contributed by atoms with E-state index < -0.39 is 15.9 Å². The van der Waals surface area contributed by atoms with Crippen LogP contribution in [0.1, 0.15) is 16.1 Å². The lowest BCUT2D eigenvalue weighted by molar-refractivity contribution is 0.0707. The number of aromatic nitrogens is 3. The molecule has 12 heteroatoms. The maximum atomic E-state index is 13.4. The predicted molar refractivity (Wildman–Crippen MR) is 112 cm³/mol. The first-order valence-electron chi connectivity index (χ1n) is 9.19. The molecule has 4 rings (SSSR count). The predicted octanol–water partition coefficient (Wildman–Crippen LogP) is 2.66. The van der Waals surface area contributed by atoms with Crippen molar-refractivity contribution < 1.29 is 27.7 Å². The molecule has 0 atom stereocenters. The average molecular weight is 455 g/mol. The first kappa shape index (κ1) is 21.2. The minimum Gasteiger partial charge on any atom is -0.457 e. The van der Waals surface area contributed by atoms with Gasteiger partial charge in [-0.05, 0) is 43.3 Å². The number of carbonyl (C=O) groups excluding carboxylic acids is 1. The fourth-order valence-electron chi connectivity index (χ4n) is 3.09. The van der Waals surface area contributed by atoms with E-state index in [9.17, 15) is 13.2 Å². The summed E-state index contributed by atoms with van der Waals surface area (Å²) in [6.45, 7) is 1.59. The number of hydrogen-bond donors (Lipinski definition) is 2. The summed E-state index contributed by atoms with van der Waals surface area (Å²) in [6.07, 6.45) is 4.25. The Labute approximate surface area is 182 Å². The number of anilines is 1. The second-order valence-corrected chi connectivity index (χ2v) is 8.61. The minimum absolute atomic E-state index is 0.0302. The number of hydrogen-bond acceptors (Lipinski definition) is 9. The second kappa shape index (κ2) is 8.24. The smallest absolute Gasteiger partial charge is 0.278 e. The van der Waals surface area contributed by atoms with Gasteiger partial charge in [0.1, 0.15) is 11.5 Å². The molecule has 32 heavy (non-hydrogen) atoms. The Kier molecular flexibility index (Phi) is 5.47. The van der Waals surface area contributed by atoms with Crippen LogP contribution < -0.4 is 14.5 Å². The van der Waals surface area contributed by atoms with Crippen LogP contribution in [0.5, 0.6) is 11.5 Å². The molecule has 0 unspecified atom stereocenters. The molecule has 11 nitrogen and oxygen atoms in total. The lowest BCUT2D eigenvalue weighted by Gasteiger charge is -2.22. The van der Waals surface area contributed by atoms with Crippen LogP contribution in [0.2, 0.25) is 0 Å². The highest BCUT2D eigenvalue weighted by Gasteiger charge is 2.30. The van der Waals surface area contributed by atoms with Gasteiger partial charge in [-0.2, -0.15) is 0 Å². The fourth-order valence-corrected chi connectivity index (χ4v) is 4.32.